The van der Waals surface area contributed by atoms with Crippen LogP contribution in [0, 0.1) is 0 Å². The van der Waals surface area contributed by atoms with Crippen LogP contribution in [0.25, 0.3) is 0 Å². The van der Waals surface area contributed by atoms with Crippen LogP contribution in [0.3, 0.4) is 0 Å². The van der Waals surface area contributed by atoms with Gasteiger partial charge >= 0.3 is 0 Å². The number of hydrogen-bond donors (Lipinski definition) is 1. The summed E-state index contributed by atoms with van der Waals surface area (Å²) in [7, 11) is -3.53. The largest absolute Gasteiger partial charge is 0.276 e. The number of benzene rings is 1. The van der Waals surface area contributed by atoms with Crippen molar-refractivity contribution in [1.82, 2.24) is 4.83 Å². The smallest absolute Gasteiger partial charge is 0.200 e. The lowest BCUT2D eigenvalue weighted by molar-refractivity contribution is 0.584. The Balaban J connectivity index is 2.67. The molecule has 106 valence electrons. The molecule has 0 aliphatic rings. The molecule has 0 saturated carbocycles. The van der Waals surface area contributed by atoms with E-state index in [2.05, 4.69) is 16.9 Å². The van der Waals surface area contributed by atoms with Crippen molar-refractivity contribution in [3.63, 3.8) is 0 Å². The molecule has 1 rings (SSSR count). The van der Waals surface area contributed by atoms with E-state index in [1.807, 2.05) is 6.92 Å². The zero-order valence-corrected chi connectivity index (χ0v) is 12.4. The zero-order valence-electron chi connectivity index (χ0n) is 11.6. The van der Waals surface area contributed by atoms with Crippen LogP contribution >= 0.6 is 0 Å². The molecular formula is C14H22N2O2S. The summed E-state index contributed by atoms with van der Waals surface area (Å²) in [6.07, 6.45) is 4.95. The molecule has 0 spiro atoms. The molecule has 1 N–H and O–H groups in total. The molecule has 0 aliphatic heterocycles. The summed E-state index contributed by atoms with van der Waals surface area (Å²) in [5.41, 5.74) is 0.896. The molecule has 19 heavy (non-hydrogen) atoms. The van der Waals surface area contributed by atoms with Crippen molar-refractivity contribution in [2.75, 3.05) is 0 Å². The fourth-order valence-electron chi connectivity index (χ4n) is 1.67. The second-order valence-corrected chi connectivity index (χ2v) is 6.06. The first-order valence-electron chi connectivity index (χ1n) is 6.72. The highest BCUT2D eigenvalue weighted by molar-refractivity contribution is 7.89. The van der Waals surface area contributed by atoms with Crippen LogP contribution < -0.4 is 4.83 Å². The molecule has 1 aromatic rings. The average Bonchev–Trinajstić information content (AvgIpc) is 2.43. The maximum absolute atomic E-state index is 12.0. The Bertz CT molecular complexity index is 495. The predicted molar refractivity (Wildman–Crippen MR) is 78.6 cm³/mol. The Hall–Kier alpha value is -1.36. The monoisotopic (exact) mass is 282 g/mol. The standard InChI is InChI=1S/C14H22N2O2S/c1-3-5-7-10-13(4-2)15-16-19(17,18)14-11-8-6-9-12-14/h6,8-9,11-12,16H,3-5,7,10H2,1-2H3/b15-13+. The van der Waals surface area contributed by atoms with Gasteiger partial charge in [0.2, 0.25) is 0 Å². The molecule has 0 amide bonds. The molecule has 0 aromatic heterocycles. The summed E-state index contributed by atoms with van der Waals surface area (Å²) in [5.74, 6) is 0. The van der Waals surface area contributed by atoms with Gasteiger partial charge in [-0.05, 0) is 31.4 Å². The number of hydrazone groups is 1. The minimum absolute atomic E-state index is 0.239. The van der Waals surface area contributed by atoms with Gasteiger partial charge in [-0.3, -0.25) is 0 Å². The van der Waals surface area contributed by atoms with Crippen LogP contribution in [-0.2, 0) is 10.0 Å². The van der Waals surface area contributed by atoms with E-state index in [1.165, 1.54) is 0 Å². The maximum Gasteiger partial charge on any atom is 0.276 e. The first kappa shape index (κ1) is 15.7. The van der Waals surface area contributed by atoms with Crippen LogP contribution in [0.2, 0.25) is 0 Å². The highest BCUT2D eigenvalue weighted by atomic mass is 32.2. The maximum atomic E-state index is 12.0. The number of sulfonamides is 1. The number of unbranched alkanes of at least 4 members (excludes halogenated alkanes) is 2. The summed E-state index contributed by atoms with van der Waals surface area (Å²) in [6.45, 7) is 4.13. The minimum Gasteiger partial charge on any atom is -0.200 e. The van der Waals surface area contributed by atoms with E-state index < -0.39 is 10.0 Å². The lowest BCUT2D eigenvalue weighted by Gasteiger charge is -2.06. The van der Waals surface area contributed by atoms with Gasteiger partial charge < -0.3 is 0 Å². The van der Waals surface area contributed by atoms with Gasteiger partial charge in [-0.15, -0.1) is 0 Å². The van der Waals surface area contributed by atoms with Crippen molar-refractivity contribution in [3.05, 3.63) is 30.3 Å². The van der Waals surface area contributed by atoms with Crippen LogP contribution in [-0.4, -0.2) is 14.1 Å². The van der Waals surface area contributed by atoms with Crippen molar-refractivity contribution in [2.24, 2.45) is 5.10 Å². The predicted octanol–water partition coefficient (Wildman–Crippen LogP) is 3.31. The number of nitrogens with one attached hydrogen (secondary N) is 1. The molecule has 0 fully saturated rings. The summed E-state index contributed by atoms with van der Waals surface area (Å²) in [4.78, 5) is 2.55. The van der Waals surface area contributed by atoms with Crippen molar-refractivity contribution in [3.8, 4) is 0 Å². The number of nitrogens with zero attached hydrogens (tertiary/aromatic N) is 1. The van der Waals surface area contributed by atoms with Crippen LogP contribution in [0.5, 0.6) is 0 Å². The van der Waals surface area contributed by atoms with Gasteiger partial charge in [0.25, 0.3) is 10.0 Å². The average molecular weight is 282 g/mol. The van der Waals surface area contributed by atoms with Gasteiger partial charge in [0.05, 0.1) is 4.90 Å². The minimum atomic E-state index is -3.53. The van der Waals surface area contributed by atoms with Gasteiger partial charge in [-0.1, -0.05) is 44.9 Å². The van der Waals surface area contributed by atoms with Crippen LogP contribution in [0.1, 0.15) is 46.0 Å². The first-order valence-corrected chi connectivity index (χ1v) is 8.20. The molecule has 4 nitrogen and oxygen atoms in total. The lowest BCUT2D eigenvalue weighted by Crippen LogP contribution is -2.20. The van der Waals surface area contributed by atoms with E-state index >= 15 is 0 Å². The molecule has 1 aromatic carbocycles. The molecule has 0 saturated heterocycles. The van der Waals surface area contributed by atoms with Crippen molar-refractivity contribution < 1.29 is 8.42 Å². The topological polar surface area (TPSA) is 58.5 Å². The Labute approximate surface area is 116 Å². The lowest BCUT2D eigenvalue weighted by atomic mass is 10.1. The van der Waals surface area contributed by atoms with Gasteiger partial charge in [0.1, 0.15) is 0 Å². The number of hydrogen-bond acceptors (Lipinski definition) is 3. The van der Waals surface area contributed by atoms with Crippen LogP contribution in [0.15, 0.2) is 40.3 Å². The Morgan fingerprint density at radius 1 is 1.16 bits per heavy atom. The van der Waals surface area contributed by atoms with E-state index in [4.69, 9.17) is 0 Å². The fourth-order valence-corrected chi connectivity index (χ4v) is 2.54. The van der Waals surface area contributed by atoms with Crippen molar-refractivity contribution in [2.45, 2.75) is 50.8 Å². The Morgan fingerprint density at radius 2 is 1.84 bits per heavy atom. The summed E-state index contributed by atoms with van der Waals surface area (Å²) in [5, 5.41) is 4.04. The number of rotatable bonds is 8. The molecule has 0 atom stereocenters. The SMILES string of the molecule is CCCCC/C(CC)=N/NS(=O)(=O)c1ccccc1. The summed E-state index contributed by atoms with van der Waals surface area (Å²) >= 11 is 0. The second-order valence-electron chi connectivity index (χ2n) is 4.40. The highest BCUT2D eigenvalue weighted by Crippen LogP contribution is 2.08. The van der Waals surface area contributed by atoms with E-state index in [0.717, 1.165) is 37.8 Å². The third kappa shape index (κ3) is 5.42. The Kier molecular flexibility index (Phi) is 6.56. The van der Waals surface area contributed by atoms with E-state index in [0.29, 0.717) is 0 Å². The van der Waals surface area contributed by atoms with Crippen LogP contribution in [0.4, 0.5) is 0 Å². The quantitative estimate of drug-likeness (QED) is 0.452. The third-order valence-corrected chi connectivity index (χ3v) is 4.08. The van der Waals surface area contributed by atoms with Gasteiger partial charge in [0.15, 0.2) is 0 Å². The fraction of sp³-hybridized carbons (Fsp3) is 0.500. The Morgan fingerprint density at radius 3 is 2.42 bits per heavy atom. The van der Waals surface area contributed by atoms with E-state index in [-0.39, 0.29) is 4.90 Å². The molecule has 0 radical (unpaired) electrons. The van der Waals surface area contributed by atoms with Gasteiger partial charge in [-0.25, -0.2) is 4.83 Å². The zero-order chi connectivity index (χ0) is 14.1. The first-order chi connectivity index (χ1) is 9.10. The van der Waals surface area contributed by atoms with Crippen molar-refractivity contribution in [1.29, 1.82) is 0 Å². The molecule has 0 unspecified atom stereocenters. The molecule has 0 bridgehead atoms. The summed E-state index contributed by atoms with van der Waals surface area (Å²) < 4.78 is 23.9. The van der Waals surface area contributed by atoms with Gasteiger partial charge in [0, 0.05) is 5.71 Å². The molecular weight excluding hydrogens is 260 g/mol. The van der Waals surface area contributed by atoms with Crippen molar-refractivity contribution >= 4 is 15.7 Å². The molecule has 5 heteroatoms. The molecule has 0 heterocycles. The highest BCUT2D eigenvalue weighted by Gasteiger charge is 2.11. The third-order valence-electron chi connectivity index (χ3n) is 2.85. The normalized spacial score (nSPS) is 12.4. The second kappa shape index (κ2) is 7.94. The molecule has 0 aliphatic carbocycles. The van der Waals surface area contributed by atoms with E-state index in [1.54, 1.807) is 30.3 Å². The van der Waals surface area contributed by atoms with Gasteiger partial charge in [-0.2, -0.15) is 13.5 Å². The summed E-state index contributed by atoms with van der Waals surface area (Å²) in [6, 6.07) is 8.28. The van der Waals surface area contributed by atoms with E-state index in [9.17, 15) is 8.42 Å².